The van der Waals surface area contributed by atoms with Gasteiger partial charge in [-0.25, -0.2) is 4.79 Å². The van der Waals surface area contributed by atoms with Gasteiger partial charge in [0, 0.05) is 13.5 Å². The molecular weight excluding hydrogens is 234 g/mol. The second kappa shape index (κ2) is 6.73. The zero-order chi connectivity index (χ0) is 14.4. The van der Waals surface area contributed by atoms with Crippen molar-refractivity contribution in [1.82, 2.24) is 5.32 Å². The summed E-state index contributed by atoms with van der Waals surface area (Å²) in [7, 11) is 1.41. The maximum Gasteiger partial charge on any atom is 0.331 e. The number of methoxy groups -OCH3 is 1. The first-order valence-corrected chi connectivity index (χ1v) is 6.14. The Kier molecular flexibility index (Phi) is 6.32. The maximum atomic E-state index is 11.7. The van der Waals surface area contributed by atoms with Gasteiger partial charge in [-0.15, -0.1) is 0 Å². The molecule has 0 heterocycles. The van der Waals surface area contributed by atoms with Crippen molar-refractivity contribution >= 4 is 11.9 Å². The van der Waals surface area contributed by atoms with Crippen molar-refractivity contribution in [2.24, 2.45) is 5.41 Å². The highest BCUT2D eigenvalue weighted by molar-refractivity contribution is 5.86. The topological polar surface area (TPSA) is 75.6 Å². The molecule has 0 aliphatic heterocycles. The predicted molar refractivity (Wildman–Crippen MR) is 69.4 cm³/mol. The van der Waals surface area contributed by atoms with Crippen molar-refractivity contribution in [1.29, 1.82) is 0 Å². The number of hydrogen-bond donors (Lipinski definition) is 2. The van der Waals surface area contributed by atoms with Crippen LogP contribution in [0.5, 0.6) is 0 Å². The molecular formula is C13H25NO4. The molecule has 5 nitrogen and oxygen atoms in total. The highest BCUT2D eigenvalue weighted by Crippen LogP contribution is 2.21. The van der Waals surface area contributed by atoms with Crippen LogP contribution in [0.2, 0.25) is 0 Å². The van der Waals surface area contributed by atoms with Crippen LogP contribution in [-0.2, 0) is 14.3 Å². The second-order valence-electron chi connectivity index (χ2n) is 6.03. The summed E-state index contributed by atoms with van der Waals surface area (Å²) >= 11 is 0. The number of carbonyl (C=O) groups excluding carboxylic acids is 1. The molecule has 1 atom stereocenters. The first-order valence-electron chi connectivity index (χ1n) is 6.14. The van der Waals surface area contributed by atoms with Crippen LogP contribution in [0, 0.1) is 5.41 Å². The molecule has 0 aliphatic rings. The summed E-state index contributed by atoms with van der Waals surface area (Å²) < 4.78 is 4.83. The number of carboxylic acid groups (broad SMARTS) is 1. The van der Waals surface area contributed by atoms with E-state index in [-0.39, 0.29) is 17.9 Å². The van der Waals surface area contributed by atoms with Crippen molar-refractivity contribution in [2.75, 3.05) is 13.7 Å². The Morgan fingerprint density at radius 2 is 1.78 bits per heavy atom. The molecule has 0 radical (unpaired) electrons. The van der Waals surface area contributed by atoms with E-state index in [0.29, 0.717) is 6.42 Å². The van der Waals surface area contributed by atoms with Crippen molar-refractivity contribution < 1.29 is 19.4 Å². The molecule has 0 aromatic carbocycles. The van der Waals surface area contributed by atoms with Crippen LogP contribution >= 0.6 is 0 Å². The van der Waals surface area contributed by atoms with Gasteiger partial charge >= 0.3 is 5.97 Å². The molecule has 1 amide bonds. The number of carboxylic acids is 1. The van der Waals surface area contributed by atoms with Gasteiger partial charge in [-0.1, -0.05) is 20.8 Å². The SMILES string of the molecule is COCC(C)(NC(=O)CCCC(C)(C)C)C(=O)O. The molecule has 0 fully saturated rings. The first-order chi connectivity index (χ1) is 8.10. The molecule has 0 saturated heterocycles. The van der Waals surface area contributed by atoms with Crippen LogP contribution in [0.1, 0.15) is 47.0 Å². The third kappa shape index (κ3) is 6.59. The lowest BCUT2D eigenvalue weighted by atomic mass is 9.90. The van der Waals surface area contributed by atoms with Crippen molar-refractivity contribution in [2.45, 2.75) is 52.5 Å². The van der Waals surface area contributed by atoms with E-state index in [2.05, 4.69) is 26.1 Å². The van der Waals surface area contributed by atoms with Gasteiger partial charge in [0.15, 0.2) is 5.54 Å². The standard InChI is InChI=1S/C13H25NO4/c1-12(2,3)8-6-7-10(15)14-13(4,9-18-5)11(16)17/h6-9H2,1-5H3,(H,14,15)(H,16,17). The van der Waals surface area contributed by atoms with Gasteiger partial charge in [0.05, 0.1) is 6.61 Å². The number of hydrogen-bond acceptors (Lipinski definition) is 3. The zero-order valence-corrected chi connectivity index (χ0v) is 12.0. The molecule has 1 unspecified atom stereocenters. The smallest absolute Gasteiger partial charge is 0.331 e. The lowest BCUT2D eigenvalue weighted by Crippen LogP contribution is -2.55. The molecule has 0 saturated carbocycles. The lowest BCUT2D eigenvalue weighted by Gasteiger charge is -2.25. The summed E-state index contributed by atoms with van der Waals surface area (Å²) in [5.41, 5.74) is -1.17. The van der Waals surface area contributed by atoms with Crippen molar-refractivity contribution in [3.05, 3.63) is 0 Å². The van der Waals surface area contributed by atoms with Gasteiger partial charge in [0.2, 0.25) is 5.91 Å². The Balaban J connectivity index is 4.24. The Bertz CT molecular complexity index is 296. The van der Waals surface area contributed by atoms with Crippen LogP contribution in [0.15, 0.2) is 0 Å². The largest absolute Gasteiger partial charge is 0.479 e. The molecule has 0 aliphatic carbocycles. The van der Waals surface area contributed by atoms with Gasteiger partial charge in [-0.05, 0) is 25.2 Å². The average Bonchev–Trinajstić information content (AvgIpc) is 2.15. The van der Waals surface area contributed by atoms with E-state index in [1.807, 2.05) is 0 Å². The van der Waals surface area contributed by atoms with Crippen LogP contribution in [0.4, 0.5) is 0 Å². The molecule has 0 spiro atoms. The minimum Gasteiger partial charge on any atom is -0.479 e. The zero-order valence-electron chi connectivity index (χ0n) is 12.0. The number of carbonyl (C=O) groups is 2. The minimum absolute atomic E-state index is 0.0483. The van der Waals surface area contributed by atoms with Crippen LogP contribution < -0.4 is 5.32 Å². The Morgan fingerprint density at radius 1 is 1.22 bits per heavy atom. The van der Waals surface area contributed by atoms with E-state index in [9.17, 15) is 9.59 Å². The van der Waals surface area contributed by atoms with Gasteiger partial charge < -0.3 is 15.2 Å². The second-order valence-corrected chi connectivity index (χ2v) is 6.03. The molecule has 0 aromatic rings. The van der Waals surface area contributed by atoms with Crippen LogP contribution in [0.3, 0.4) is 0 Å². The third-order valence-electron chi connectivity index (χ3n) is 2.65. The third-order valence-corrected chi connectivity index (χ3v) is 2.65. The normalized spacial score (nSPS) is 14.9. The maximum absolute atomic E-state index is 11.7. The fourth-order valence-electron chi connectivity index (χ4n) is 1.59. The number of ether oxygens (including phenoxy) is 1. The summed E-state index contributed by atoms with van der Waals surface area (Å²) in [6.07, 6.45) is 2.01. The van der Waals surface area contributed by atoms with Gasteiger partial charge in [-0.2, -0.15) is 0 Å². The number of nitrogens with one attached hydrogen (secondary N) is 1. The quantitative estimate of drug-likeness (QED) is 0.731. The highest BCUT2D eigenvalue weighted by atomic mass is 16.5. The molecule has 5 heteroatoms. The summed E-state index contributed by atoms with van der Waals surface area (Å²) in [4.78, 5) is 22.8. The molecule has 106 valence electrons. The molecule has 18 heavy (non-hydrogen) atoms. The summed E-state index contributed by atoms with van der Waals surface area (Å²) in [6, 6.07) is 0. The van der Waals surface area contributed by atoms with E-state index >= 15 is 0 Å². The van der Waals surface area contributed by atoms with Gasteiger partial charge in [0.1, 0.15) is 0 Å². The summed E-state index contributed by atoms with van der Waals surface area (Å²) in [6.45, 7) is 7.72. The van der Waals surface area contributed by atoms with Crippen LogP contribution in [-0.4, -0.2) is 36.2 Å². The fourth-order valence-corrected chi connectivity index (χ4v) is 1.59. The van der Waals surface area contributed by atoms with Gasteiger partial charge in [-0.3, -0.25) is 4.79 Å². The molecule has 0 bridgehead atoms. The minimum atomic E-state index is -1.35. The monoisotopic (exact) mass is 259 g/mol. The van der Waals surface area contributed by atoms with Crippen molar-refractivity contribution in [3.8, 4) is 0 Å². The Hall–Kier alpha value is -1.10. The van der Waals surface area contributed by atoms with E-state index < -0.39 is 11.5 Å². The predicted octanol–water partition coefficient (Wildman–Crippen LogP) is 1.81. The first kappa shape index (κ1) is 16.9. The van der Waals surface area contributed by atoms with Crippen LogP contribution in [0.25, 0.3) is 0 Å². The molecule has 0 rings (SSSR count). The van der Waals surface area contributed by atoms with Crippen molar-refractivity contribution in [3.63, 3.8) is 0 Å². The number of amides is 1. The highest BCUT2D eigenvalue weighted by Gasteiger charge is 2.34. The summed E-state index contributed by atoms with van der Waals surface area (Å²) in [5.74, 6) is -1.34. The number of aliphatic carboxylic acids is 1. The van der Waals surface area contributed by atoms with E-state index in [0.717, 1.165) is 12.8 Å². The van der Waals surface area contributed by atoms with E-state index in [1.165, 1.54) is 14.0 Å². The summed E-state index contributed by atoms with van der Waals surface area (Å²) in [5, 5.41) is 11.6. The molecule has 2 N–H and O–H groups in total. The van der Waals surface area contributed by atoms with E-state index in [1.54, 1.807) is 0 Å². The lowest BCUT2D eigenvalue weighted by molar-refractivity contribution is -0.149. The number of rotatable bonds is 7. The Labute approximate surface area is 109 Å². The molecule has 0 aromatic heterocycles. The van der Waals surface area contributed by atoms with Gasteiger partial charge in [0.25, 0.3) is 0 Å². The van der Waals surface area contributed by atoms with E-state index in [4.69, 9.17) is 9.84 Å². The Morgan fingerprint density at radius 3 is 2.17 bits per heavy atom. The average molecular weight is 259 g/mol. The fraction of sp³-hybridized carbons (Fsp3) is 0.846.